The molecule has 1 fully saturated rings. The summed E-state index contributed by atoms with van der Waals surface area (Å²) < 4.78 is 15.0. The highest BCUT2D eigenvalue weighted by Crippen LogP contribution is 2.29. The van der Waals surface area contributed by atoms with Crippen molar-refractivity contribution in [3.05, 3.63) is 59.2 Å². The second-order valence-electron chi connectivity index (χ2n) is 7.69. The topological polar surface area (TPSA) is 59.3 Å². The fourth-order valence-corrected chi connectivity index (χ4v) is 4.00. The molecule has 0 atom stereocenters. The van der Waals surface area contributed by atoms with Gasteiger partial charge in [0.1, 0.15) is 5.82 Å². The number of benzene rings is 1. The number of halogens is 1. The minimum Gasteiger partial charge on any atom is -0.309 e. The molecule has 0 saturated heterocycles. The number of nitrogens with one attached hydrogen (secondary N) is 1. The van der Waals surface area contributed by atoms with Crippen LogP contribution in [0.5, 0.6) is 0 Å². The third-order valence-corrected chi connectivity index (χ3v) is 5.61. The van der Waals surface area contributed by atoms with Crippen LogP contribution < -0.4 is 5.32 Å². The Morgan fingerprint density at radius 3 is 2.71 bits per heavy atom. The van der Waals surface area contributed by atoms with Crippen molar-refractivity contribution >= 4 is 17.4 Å². The number of hydrogen-bond donors (Lipinski definition) is 1. The molecular formula is C22H25FN4O. The second kappa shape index (κ2) is 8.09. The Labute approximate surface area is 164 Å². The highest BCUT2D eigenvalue weighted by Gasteiger charge is 2.20. The summed E-state index contributed by atoms with van der Waals surface area (Å²) >= 11 is 0. The number of carbonyl (C=O) groups is 1. The van der Waals surface area contributed by atoms with Crippen molar-refractivity contribution in [2.24, 2.45) is 5.92 Å². The predicted octanol–water partition coefficient (Wildman–Crippen LogP) is 4.68. The number of amides is 1. The van der Waals surface area contributed by atoms with Crippen LogP contribution >= 0.6 is 0 Å². The van der Waals surface area contributed by atoms with Gasteiger partial charge < -0.3 is 5.32 Å². The smallest absolute Gasteiger partial charge is 0.225 e. The van der Waals surface area contributed by atoms with Crippen LogP contribution in [-0.2, 0) is 11.2 Å². The Morgan fingerprint density at radius 2 is 1.96 bits per heavy atom. The van der Waals surface area contributed by atoms with Gasteiger partial charge in [0.05, 0.1) is 0 Å². The van der Waals surface area contributed by atoms with E-state index in [1.54, 1.807) is 22.8 Å². The van der Waals surface area contributed by atoms with E-state index >= 15 is 0 Å². The molecule has 1 aromatic carbocycles. The molecule has 0 aliphatic heterocycles. The van der Waals surface area contributed by atoms with E-state index in [0.717, 1.165) is 28.9 Å². The Bertz CT molecular complexity index is 974. The largest absolute Gasteiger partial charge is 0.309 e. The molecule has 0 unspecified atom stereocenters. The van der Waals surface area contributed by atoms with Gasteiger partial charge in [-0.2, -0.15) is 0 Å². The summed E-state index contributed by atoms with van der Waals surface area (Å²) in [5.74, 6) is 0.948. The lowest BCUT2D eigenvalue weighted by Crippen LogP contribution is -2.14. The summed E-state index contributed by atoms with van der Waals surface area (Å²) in [6.07, 6.45) is 8.76. The molecule has 0 bridgehead atoms. The third-order valence-electron chi connectivity index (χ3n) is 5.61. The summed E-state index contributed by atoms with van der Waals surface area (Å²) in [6, 6.07) is 8.27. The van der Waals surface area contributed by atoms with E-state index in [4.69, 9.17) is 0 Å². The number of nitrogens with zero attached hydrogens (tertiary/aromatic N) is 3. The maximum Gasteiger partial charge on any atom is 0.225 e. The SMILES string of the molecule is Cc1ccnc2c(Cc3ccc(F)cc3)c(NC(=O)CCC3CCCC3)nn12. The molecule has 5 nitrogen and oxygen atoms in total. The van der Waals surface area contributed by atoms with Crippen LogP contribution in [0, 0.1) is 18.7 Å². The minimum absolute atomic E-state index is 0.00619. The molecule has 1 saturated carbocycles. The molecule has 3 aromatic rings. The fourth-order valence-electron chi connectivity index (χ4n) is 4.00. The zero-order valence-electron chi connectivity index (χ0n) is 16.1. The van der Waals surface area contributed by atoms with Crippen LogP contribution in [0.1, 0.15) is 55.3 Å². The van der Waals surface area contributed by atoms with Crippen LogP contribution in [-0.4, -0.2) is 20.5 Å². The average Bonchev–Trinajstić information content (AvgIpc) is 3.32. The molecule has 1 aliphatic carbocycles. The van der Waals surface area contributed by atoms with Gasteiger partial charge in [-0.1, -0.05) is 37.8 Å². The van der Waals surface area contributed by atoms with Gasteiger partial charge in [-0.15, -0.1) is 5.10 Å². The Morgan fingerprint density at radius 1 is 1.21 bits per heavy atom. The first-order chi connectivity index (χ1) is 13.6. The molecule has 6 heteroatoms. The lowest BCUT2D eigenvalue weighted by Gasteiger charge is -2.09. The maximum absolute atomic E-state index is 13.2. The summed E-state index contributed by atoms with van der Waals surface area (Å²) in [5.41, 5.74) is 3.46. The van der Waals surface area contributed by atoms with E-state index < -0.39 is 0 Å². The van der Waals surface area contributed by atoms with Crippen LogP contribution in [0.2, 0.25) is 0 Å². The van der Waals surface area contributed by atoms with Crippen molar-refractivity contribution in [1.82, 2.24) is 14.6 Å². The van der Waals surface area contributed by atoms with Gasteiger partial charge >= 0.3 is 0 Å². The van der Waals surface area contributed by atoms with E-state index in [-0.39, 0.29) is 11.7 Å². The molecule has 1 N–H and O–H groups in total. The van der Waals surface area contributed by atoms with E-state index in [2.05, 4.69) is 15.4 Å². The molecule has 0 spiro atoms. The maximum atomic E-state index is 13.2. The highest BCUT2D eigenvalue weighted by atomic mass is 19.1. The van der Waals surface area contributed by atoms with Crippen molar-refractivity contribution in [3.63, 3.8) is 0 Å². The van der Waals surface area contributed by atoms with E-state index in [1.807, 2.05) is 13.0 Å². The van der Waals surface area contributed by atoms with Crippen LogP contribution in [0.4, 0.5) is 10.2 Å². The third kappa shape index (κ3) is 4.06. The summed E-state index contributed by atoms with van der Waals surface area (Å²) in [5, 5.41) is 7.59. The van der Waals surface area contributed by atoms with Crippen LogP contribution in [0.15, 0.2) is 36.5 Å². The second-order valence-corrected chi connectivity index (χ2v) is 7.69. The number of aromatic nitrogens is 3. The predicted molar refractivity (Wildman–Crippen MR) is 107 cm³/mol. The van der Waals surface area contributed by atoms with Crippen LogP contribution in [0.3, 0.4) is 0 Å². The van der Waals surface area contributed by atoms with Crippen molar-refractivity contribution in [2.75, 3.05) is 5.32 Å². The first-order valence-corrected chi connectivity index (χ1v) is 9.97. The Kier molecular flexibility index (Phi) is 5.37. The highest BCUT2D eigenvalue weighted by molar-refractivity contribution is 5.91. The number of anilines is 1. The fraction of sp³-hybridized carbons (Fsp3) is 0.409. The first kappa shape index (κ1) is 18.6. The summed E-state index contributed by atoms with van der Waals surface area (Å²) in [6.45, 7) is 1.95. The van der Waals surface area contributed by atoms with Gasteiger partial charge in [0.25, 0.3) is 0 Å². The summed E-state index contributed by atoms with van der Waals surface area (Å²) in [7, 11) is 0. The Hall–Kier alpha value is -2.76. The monoisotopic (exact) mass is 380 g/mol. The quantitative estimate of drug-likeness (QED) is 0.676. The van der Waals surface area contributed by atoms with Crippen LogP contribution in [0.25, 0.3) is 5.65 Å². The van der Waals surface area contributed by atoms with E-state index in [1.165, 1.54) is 37.8 Å². The van der Waals surface area contributed by atoms with Gasteiger partial charge in [0, 0.05) is 30.3 Å². The minimum atomic E-state index is -0.266. The average molecular weight is 380 g/mol. The van der Waals surface area contributed by atoms with E-state index in [9.17, 15) is 9.18 Å². The molecule has 2 aromatic heterocycles. The molecule has 146 valence electrons. The molecule has 0 radical (unpaired) electrons. The molecule has 2 heterocycles. The zero-order valence-corrected chi connectivity index (χ0v) is 16.1. The molecule has 28 heavy (non-hydrogen) atoms. The number of carbonyl (C=O) groups excluding carboxylic acids is 1. The van der Waals surface area contributed by atoms with Crippen molar-refractivity contribution in [2.45, 2.75) is 51.9 Å². The lowest BCUT2D eigenvalue weighted by atomic mass is 10.0. The number of aryl methyl sites for hydroxylation is 1. The lowest BCUT2D eigenvalue weighted by molar-refractivity contribution is -0.116. The molecule has 4 rings (SSSR count). The van der Waals surface area contributed by atoms with Gasteiger partial charge in [-0.05, 0) is 43.0 Å². The normalized spacial score (nSPS) is 14.6. The van der Waals surface area contributed by atoms with Gasteiger partial charge in [0.2, 0.25) is 5.91 Å². The van der Waals surface area contributed by atoms with Gasteiger partial charge in [-0.25, -0.2) is 13.9 Å². The molecule has 1 amide bonds. The molecular weight excluding hydrogens is 355 g/mol. The Balaban J connectivity index is 1.58. The van der Waals surface area contributed by atoms with Crippen molar-refractivity contribution in [3.8, 4) is 0 Å². The number of rotatable bonds is 6. The number of fused-ring (bicyclic) bond motifs is 1. The first-order valence-electron chi connectivity index (χ1n) is 9.97. The number of hydrogen-bond acceptors (Lipinski definition) is 3. The van der Waals surface area contributed by atoms with Gasteiger partial charge in [0.15, 0.2) is 11.5 Å². The zero-order chi connectivity index (χ0) is 19.5. The van der Waals surface area contributed by atoms with E-state index in [0.29, 0.717) is 24.6 Å². The standard InChI is InChI=1S/C22H25FN4O/c1-15-12-13-24-22-19(14-17-6-9-18(23)10-7-17)21(26-27(15)22)25-20(28)11-8-16-4-2-3-5-16/h6-7,9-10,12-13,16H,2-5,8,11,14H2,1H3,(H,25,26,28). The molecule has 1 aliphatic rings. The summed E-state index contributed by atoms with van der Waals surface area (Å²) in [4.78, 5) is 17.0. The van der Waals surface area contributed by atoms with Crippen molar-refractivity contribution < 1.29 is 9.18 Å². The van der Waals surface area contributed by atoms with Gasteiger partial charge in [-0.3, -0.25) is 4.79 Å². The van der Waals surface area contributed by atoms with Crippen molar-refractivity contribution in [1.29, 1.82) is 0 Å².